The van der Waals surface area contributed by atoms with E-state index in [0.29, 0.717) is 23.1 Å². The van der Waals surface area contributed by atoms with Gasteiger partial charge in [-0.2, -0.15) is 0 Å². The van der Waals surface area contributed by atoms with Gasteiger partial charge in [0.05, 0.1) is 16.3 Å². The first-order valence-electron chi connectivity index (χ1n) is 8.70. The molecule has 4 rings (SSSR count). The maximum Gasteiger partial charge on any atom is 0.257 e. The molecule has 1 amide bonds. The molecule has 2 aromatic carbocycles. The second-order valence-corrected chi connectivity index (χ2v) is 7.45. The number of fused-ring (bicyclic) bond motifs is 1. The number of nitrogens with zero attached hydrogens (tertiary/aromatic N) is 1. The van der Waals surface area contributed by atoms with Crippen LogP contribution in [-0.4, -0.2) is 30.2 Å². The van der Waals surface area contributed by atoms with Gasteiger partial charge in [0.15, 0.2) is 5.13 Å². The van der Waals surface area contributed by atoms with Gasteiger partial charge in [0.1, 0.15) is 12.4 Å². The number of amides is 1. The molecule has 1 aliphatic rings. The highest BCUT2D eigenvalue weighted by molar-refractivity contribution is 7.22. The lowest BCUT2D eigenvalue weighted by molar-refractivity contribution is 0.0679. The molecule has 1 unspecified atom stereocenters. The number of hydrogen-bond acceptors (Lipinski definition) is 5. The van der Waals surface area contributed by atoms with Crippen LogP contribution in [0.2, 0.25) is 0 Å². The molecule has 1 aliphatic heterocycles. The lowest BCUT2D eigenvalue weighted by Crippen LogP contribution is -2.16. The average Bonchev–Trinajstić information content (AvgIpc) is 3.29. The van der Waals surface area contributed by atoms with Gasteiger partial charge in [-0.25, -0.2) is 4.98 Å². The van der Waals surface area contributed by atoms with E-state index >= 15 is 0 Å². The number of nitrogens with one attached hydrogen (secondary N) is 1. The molecule has 5 nitrogen and oxygen atoms in total. The quantitative estimate of drug-likeness (QED) is 0.724. The van der Waals surface area contributed by atoms with E-state index in [0.717, 1.165) is 29.7 Å². The number of benzene rings is 2. The van der Waals surface area contributed by atoms with Crippen LogP contribution in [0.5, 0.6) is 5.75 Å². The van der Waals surface area contributed by atoms with Crippen molar-refractivity contribution in [2.75, 3.05) is 18.5 Å². The zero-order valence-corrected chi connectivity index (χ0v) is 15.3. The van der Waals surface area contributed by atoms with Crippen molar-refractivity contribution in [1.29, 1.82) is 0 Å². The largest absolute Gasteiger partial charge is 0.491 e. The first-order valence-corrected chi connectivity index (χ1v) is 9.52. The summed E-state index contributed by atoms with van der Waals surface area (Å²) in [5.41, 5.74) is 2.62. The smallest absolute Gasteiger partial charge is 0.257 e. The van der Waals surface area contributed by atoms with Gasteiger partial charge in [0.2, 0.25) is 0 Å². The second kappa shape index (κ2) is 7.43. The average molecular weight is 368 g/mol. The predicted molar refractivity (Wildman–Crippen MR) is 103 cm³/mol. The van der Waals surface area contributed by atoms with Crippen LogP contribution in [0.4, 0.5) is 5.13 Å². The molecule has 1 atom stereocenters. The van der Waals surface area contributed by atoms with Gasteiger partial charge in [-0.3, -0.25) is 10.1 Å². The molecule has 0 radical (unpaired) electrons. The molecule has 1 saturated heterocycles. The summed E-state index contributed by atoms with van der Waals surface area (Å²) in [7, 11) is 0. The lowest BCUT2D eigenvalue weighted by Gasteiger charge is -2.12. The van der Waals surface area contributed by atoms with Crippen molar-refractivity contribution in [1.82, 2.24) is 4.98 Å². The Morgan fingerprint density at radius 2 is 2.27 bits per heavy atom. The summed E-state index contributed by atoms with van der Waals surface area (Å²) in [6.07, 6.45) is 2.26. The fraction of sp³-hybridized carbons (Fsp3) is 0.300. The Labute approximate surface area is 156 Å². The fourth-order valence-electron chi connectivity index (χ4n) is 2.95. The van der Waals surface area contributed by atoms with Gasteiger partial charge in [-0.1, -0.05) is 23.5 Å². The third-order valence-electron chi connectivity index (χ3n) is 4.32. The van der Waals surface area contributed by atoms with E-state index in [-0.39, 0.29) is 12.0 Å². The predicted octanol–water partition coefficient (Wildman–Crippen LogP) is 4.41. The minimum atomic E-state index is -0.191. The minimum Gasteiger partial charge on any atom is -0.491 e. The molecule has 0 aliphatic carbocycles. The summed E-state index contributed by atoms with van der Waals surface area (Å²) < 4.78 is 12.4. The van der Waals surface area contributed by atoms with E-state index in [1.807, 2.05) is 31.2 Å². The number of carbonyl (C=O) groups is 1. The number of thiazole rings is 1. The number of aryl methyl sites for hydroxylation is 1. The summed E-state index contributed by atoms with van der Waals surface area (Å²) in [6, 6.07) is 13.3. The Balaban J connectivity index is 1.44. The van der Waals surface area contributed by atoms with E-state index in [2.05, 4.69) is 16.4 Å². The van der Waals surface area contributed by atoms with E-state index < -0.39 is 0 Å². The van der Waals surface area contributed by atoms with Crippen molar-refractivity contribution in [3.05, 3.63) is 53.6 Å². The fourth-order valence-corrected chi connectivity index (χ4v) is 3.91. The Morgan fingerprint density at radius 3 is 3.12 bits per heavy atom. The van der Waals surface area contributed by atoms with Crippen molar-refractivity contribution < 1.29 is 14.3 Å². The van der Waals surface area contributed by atoms with Crippen molar-refractivity contribution in [2.24, 2.45) is 0 Å². The third kappa shape index (κ3) is 3.86. The Kier molecular flexibility index (Phi) is 4.86. The summed E-state index contributed by atoms with van der Waals surface area (Å²) in [5, 5.41) is 3.48. The summed E-state index contributed by atoms with van der Waals surface area (Å²) in [6.45, 7) is 3.36. The van der Waals surface area contributed by atoms with Crippen LogP contribution in [0.1, 0.15) is 28.8 Å². The molecule has 134 valence electrons. The molecule has 2 heterocycles. The first-order chi connectivity index (χ1) is 12.7. The molecule has 0 bridgehead atoms. The van der Waals surface area contributed by atoms with Crippen LogP contribution >= 0.6 is 11.3 Å². The van der Waals surface area contributed by atoms with E-state index in [1.54, 1.807) is 12.1 Å². The van der Waals surface area contributed by atoms with Gasteiger partial charge in [0.25, 0.3) is 5.91 Å². The SMILES string of the molecule is Cc1ccc2nc(NC(=O)c3cccc(OCC4CCCO4)c3)sc2c1. The maximum atomic E-state index is 12.5. The normalized spacial score (nSPS) is 16.7. The lowest BCUT2D eigenvalue weighted by atomic mass is 10.2. The molecule has 3 aromatic rings. The van der Waals surface area contributed by atoms with Crippen LogP contribution in [0.15, 0.2) is 42.5 Å². The first kappa shape index (κ1) is 17.0. The standard InChI is InChI=1S/C20H20N2O3S/c1-13-7-8-17-18(10-13)26-20(21-17)22-19(23)14-4-2-5-15(11-14)25-12-16-6-3-9-24-16/h2,4-5,7-8,10-11,16H,3,6,9,12H2,1H3,(H,21,22,23). The highest BCUT2D eigenvalue weighted by atomic mass is 32.1. The van der Waals surface area contributed by atoms with Crippen molar-refractivity contribution in [3.63, 3.8) is 0 Å². The Hall–Kier alpha value is -2.44. The number of ether oxygens (including phenoxy) is 2. The molecule has 6 heteroatoms. The zero-order chi connectivity index (χ0) is 17.9. The zero-order valence-electron chi connectivity index (χ0n) is 14.5. The third-order valence-corrected chi connectivity index (χ3v) is 5.25. The van der Waals surface area contributed by atoms with E-state index in [1.165, 1.54) is 16.9 Å². The number of hydrogen-bond donors (Lipinski definition) is 1. The number of carbonyl (C=O) groups excluding carboxylic acids is 1. The molecule has 0 saturated carbocycles. The highest BCUT2D eigenvalue weighted by Crippen LogP contribution is 2.27. The molecule has 1 fully saturated rings. The van der Waals surface area contributed by atoms with Crippen LogP contribution in [0, 0.1) is 6.92 Å². The van der Waals surface area contributed by atoms with Crippen molar-refractivity contribution in [3.8, 4) is 5.75 Å². The van der Waals surface area contributed by atoms with Gasteiger partial charge in [0, 0.05) is 12.2 Å². The molecular weight excluding hydrogens is 348 g/mol. The number of aromatic nitrogens is 1. The summed E-state index contributed by atoms with van der Waals surface area (Å²) in [4.78, 5) is 17.0. The molecular formula is C20H20N2O3S. The van der Waals surface area contributed by atoms with Crippen molar-refractivity contribution >= 4 is 32.6 Å². The molecule has 1 N–H and O–H groups in total. The maximum absolute atomic E-state index is 12.5. The number of anilines is 1. The second-order valence-electron chi connectivity index (χ2n) is 6.42. The van der Waals surface area contributed by atoms with Gasteiger partial charge in [-0.15, -0.1) is 0 Å². The van der Waals surface area contributed by atoms with Crippen LogP contribution in [0.25, 0.3) is 10.2 Å². The summed E-state index contributed by atoms with van der Waals surface area (Å²) >= 11 is 1.47. The highest BCUT2D eigenvalue weighted by Gasteiger charge is 2.16. The molecule has 1 aromatic heterocycles. The topological polar surface area (TPSA) is 60.5 Å². The Morgan fingerprint density at radius 1 is 1.35 bits per heavy atom. The molecule has 0 spiro atoms. The van der Waals surface area contributed by atoms with Gasteiger partial charge in [-0.05, 0) is 55.7 Å². The van der Waals surface area contributed by atoms with Crippen LogP contribution < -0.4 is 10.1 Å². The minimum absolute atomic E-state index is 0.152. The Bertz CT molecular complexity index is 932. The molecule has 26 heavy (non-hydrogen) atoms. The van der Waals surface area contributed by atoms with Gasteiger partial charge < -0.3 is 9.47 Å². The van der Waals surface area contributed by atoms with Crippen LogP contribution in [-0.2, 0) is 4.74 Å². The number of rotatable bonds is 5. The van der Waals surface area contributed by atoms with Crippen LogP contribution in [0.3, 0.4) is 0 Å². The van der Waals surface area contributed by atoms with Crippen molar-refractivity contribution in [2.45, 2.75) is 25.9 Å². The summed E-state index contributed by atoms with van der Waals surface area (Å²) in [5.74, 6) is 0.483. The van der Waals surface area contributed by atoms with E-state index in [9.17, 15) is 4.79 Å². The van der Waals surface area contributed by atoms with Gasteiger partial charge >= 0.3 is 0 Å². The monoisotopic (exact) mass is 368 g/mol. The van der Waals surface area contributed by atoms with E-state index in [4.69, 9.17) is 9.47 Å².